The molecular weight excluding hydrogens is 366 g/mol. The summed E-state index contributed by atoms with van der Waals surface area (Å²) in [7, 11) is 0. The van der Waals surface area contributed by atoms with Gasteiger partial charge in [0, 0.05) is 18.1 Å². The topological polar surface area (TPSA) is 68.6 Å². The van der Waals surface area contributed by atoms with E-state index in [2.05, 4.69) is 20.2 Å². The Morgan fingerprint density at radius 1 is 1.22 bits per heavy atom. The van der Waals surface area contributed by atoms with Gasteiger partial charge in [-0.1, -0.05) is 0 Å². The van der Waals surface area contributed by atoms with Gasteiger partial charge in [-0.2, -0.15) is 13.2 Å². The fourth-order valence-electron chi connectivity index (χ4n) is 3.18. The van der Waals surface area contributed by atoms with Gasteiger partial charge in [-0.15, -0.1) is 5.10 Å². The van der Waals surface area contributed by atoms with Crippen molar-refractivity contribution in [3.63, 3.8) is 0 Å². The monoisotopic (exact) mass is 381 g/mol. The molecule has 0 spiro atoms. The summed E-state index contributed by atoms with van der Waals surface area (Å²) in [6.45, 7) is 1.15. The molecule has 1 unspecified atom stereocenters. The van der Waals surface area contributed by atoms with Crippen LogP contribution in [0, 0.1) is 5.82 Å². The number of nitrogens with one attached hydrogen (secondary N) is 1. The Balaban J connectivity index is 1.70. The first-order chi connectivity index (χ1) is 12.9. The van der Waals surface area contributed by atoms with E-state index < -0.39 is 12.0 Å². The molecule has 0 aliphatic carbocycles. The van der Waals surface area contributed by atoms with Gasteiger partial charge in [0.25, 0.3) is 5.82 Å². The van der Waals surface area contributed by atoms with Gasteiger partial charge >= 0.3 is 6.18 Å². The molecule has 1 saturated heterocycles. The molecule has 10 heteroatoms. The van der Waals surface area contributed by atoms with E-state index in [9.17, 15) is 17.6 Å². The number of aromatic nitrogens is 5. The van der Waals surface area contributed by atoms with E-state index in [0.717, 1.165) is 17.7 Å². The molecule has 1 aliphatic rings. The Morgan fingerprint density at radius 2 is 2.00 bits per heavy atom. The van der Waals surface area contributed by atoms with Gasteiger partial charge in [0.2, 0.25) is 0 Å². The third kappa shape index (κ3) is 3.57. The Labute approximate surface area is 151 Å². The van der Waals surface area contributed by atoms with E-state index in [-0.39, 0.29) is 24.1 Å². The molecule has 1 atom stereocenters. The predicted octanol–water partition coefficient (Wildman–Crippen LogP) is 3.38. The molecule has 2 aromatic heterocycles. The van der Waals surface area contributed by atoms with Gasteiger partial charge in [0.1, 0.15) is 11.6 Å². The average Bonchev–Trinajstić information content (AvgIpc) is 3.35. The van der Waals surface area contributed by atoms with Crippen LogP contribution in [0.15, 0.2) is 30.6 Å². The molecule has 1 aromatic carbocycles. The maximum atomic E-state index is 13.2. The van der Waals surface area contributed by atoms with Crippen molar-refractivity contribution in [1.29, 1.82) is 0 Å². The van der Waals surface area contributed by atoms with Gasteiger partial charge in [-0.05, 0) is 30.7 Å². The maximum Gasteiger partial charge on any atom is 0.453 e. The van der Waals surface area contributed by atoms with Gasteiger partial charge < -0.3 is 9.30 Å². The van der Waals surface area contributed by atoms with E-state index in [0.29, 0.717) is 18.9 Å². The highest BCUT2D eigenvalue weighted by molar-refractivity contribution is 5.62. The second-order valence-electron chi connectivity index (χ2n) is 6.28. The smallest absolute Gasteiger partial charge is 0.381 e. The highest BCUT2D eigenvalue weighted by atomic mass is 19.4. The summed E-state index contributed by atoms with van der Waals surface area (Å²) in [6.07, 6.45) is -2.29. The summed E-state index contributed by atoms with van der Waals surface area (Å²) in [5, 5.41) is 5.55. The molecule has 0 bridgehead atoms. The number of hydrogen-bond acceptors (Lipinski definition) is 4. The van der Waals surface area contributed by atoms with Crippen molar-refractivity contribution in [2.24, 2.45) is 0 Å². The van der Waals surface area contributed by atoms with Crippen LogP contribution < -0.4 is 0 Å². The third-order valence-electron chi connectivity index (χ3n) is 4.42. The summed E-state index contributed by atoms with van der Waals surface area (Å²) >= 11 is 0. The van der Waals surface area contributed by atoms with E-state index in [1.165, 1.54) is 12.1 Å². The first kappa shape index (κ1) is 17.7. The standard InChI is InChI=1S/C17H15F4N5O/c18-12-3-1-10(2-4-12)14-15(11-5-6-27-8-11)26(9-22-14)7-13-23-16(25-24-13)17(19,20)21/h1-4,9,11H,5-8H2,(H,23,24,25). The lowest BCUT2D eigenvalue weighted by Crippen LogP contribution is -2.11. The second-order valence-corrected chi connectivity index (χ2v) is 6.28. The highest BCUT2D eigenvalue weighted by Crippen LogP contribution is 2.34. The van der Waals surface area contributed by atoms with E-state index in [1.807, 2.05) is 0 Å². The quantitative estimate of drug-likeness (QED) is 0.704. The molecule has 0 radical (unpaired) electrons. The van der Waals surface area contributed by atoms with Crippen LogP contribution in [-0.2, 0) is 17.5 Å². The first-order valence-electron chi connectivity index (χ1n) is 8.29. The van der Waals surface area contributed by atoms with Crippen molar-refractivity contribution in [2.45, 2.75) is 25.1 Å². The van der Waals surface area contributed by atoms with Gasteiger partial charge in [0.05, 0.1) is 30.9 Å². The van der Waals surface area contributed by atoms with Crippen molar-refractivity contribution >= 4 is 0 Å². The van der Waals surface area contributed by atoms with Crippen LogP contribution in [0.25, 0.3) is 11.3 Å². The number of benzene rings is 1. The van der Waals surface area contributed by atoms with Crippen molar-refractivity contribution in [3.05, 3.63) is 53.8 Å². The van der Waals surface area contributed by atoms with Crippen LogP contribution in [0.1, 0.15) is 29.7 Å². The fourth-order valence-corrected chi connectivity index (χ4v) is 3.18. The van der Waals surface area contributed by atoms with Gasteiger partial charge in [-0.25, -0.2) is 14.4 Å². The predicted molar refractivity (Wildman–Crippen MR) is 86.3 cm³/mol. The summed E-state index contributed by atoms with van der Waals surface area (Å²) in [5.74, 6) is -1.45. The minimum atomic E-state index is -4.61. The Morgan fingerprint density at radius 3 is 2.63 bits per heavy atom. The summed E-state index contributed by atoms with van der Waals surface area (Å²) in [6, 6.07) is 5.93. The first-order valence-corrected chi connectivity index (χ1v) is 8.29. The lowest BCUT2D eigenvalue weighted by Gasteiger charge is -2.14. The van der Waals surface area contributed by atoms with Crippen LogP contribution in [-0.4, -0.2) is 37.9 Å². The zero-order valence-electron chi connectivity index (χ0n) is 14.0. The molecule has 1 aliphatic heterocycles. The van der Waals surface area contributed by atoms with E-state index >= 15 is 0 Å². The zero-order chi connectivity index (χ0) is 19.0. The zero-order valence-corrected chi connectivity index (χ0v) is 14.0. The van der Waals surface area contributed by atoms with E-state index in [4.69, 9.17) is 4.74 Å². The van der Waals surface area contributed by atoms with Gasteiger partial charge in [-0.3, -0.25) is 5.10 Å². The van der Waals surface area contributed by atoms with E-state index in [1.54, 1.807) is 23.0 Å². The summed E-state index contributed by atoms with van der Waals surface area (Å²) < 4.78 is 58.6. The number of nitrogens with zero attached hydrogens (tertiary/aromatic N) is 4. The minimum Gasteiger partial charge on any atom is -0.381 e. The average molecular weight is 381 g/mol. The molecule has 0 saturated carbocycles. The lowest BCUT2D eigenvalue weighted by atomic mass is 9.99. The third-order valence-corrected chi connectivity index (χ3v) is 4.42. The molecule has 4 rings (SSSR count). The largest absolute Gasteiger partial charge is 0.453 e. The molecule has 1 N–H and O–H groups in total. The van der Waals surface area contributed by atoms with Crippen molar-refractivity contribution in [2.75, 3.05) is 13.2 Å². The fraction of sp³-hybridized carbons (Fsp3) is 0.353. The number of hydrogen-bond donors (Lipinski definition) is 1. The lowest BCUT2D eigenvalue weighted by molar-refractivity contribution is -0.144. The number of halogens is 4. The molecule has 6 nitrogen and oxygen atoms in total. The molecule has 27 heavy (non-hydrogen) atoms. The van der Waals surface area contributed by atoms with Crippen LogP contribution in [0.4, 0.5) is 17.6 Å². The summed E-state index contributed by atoms with van der Waals surface area (Å²) in [5.41, 5.74) is 2.20. The molecule has 3 heterocycles. The normalized spacial score (nSPS) is 17.6. The molecular formula is C17H15F4N5O. The molecule has 1 fully saturated rings. The van der Waals surface area contributed by atoms with Crippen molar-refractivity contribution in [3.8, 4) is 11.3 Å². The number of alkyl halides is 3. The Bertz CT molecular complexity index is 926. The number of H-pyrrole nitrogens is 1. The Kier molecular flexibility index (Phi) is 4.42. The number of imidazole rings is 1. The molecule has 142 valence electrons. The number of ether oxygens (including phenoxy) is 1. The van der Waals surface area contributed by atoms with Crippen LogP contribution in [0.5, 0.6) is 0 Å². The maximum absolute atomic E-state index is 13.2. The number of aromatic amines is 1. The van der Waals surface area contributed by atoms with Crippen molar-refractivity contribution < 1.29 is 22.3 Å². The molecule has 3 aromatic rings. The Hall–Kier alpha value is -2.75. The second kappa shape index (κ2) is 6.76. The number of rotatable bonds is 4. The highest BCUT2D eigenvalue weighted by Gasteiger charge is 2.36. The SMILES string of the molecule is Fc1ccc(-c2ncn(Cc3nc(C(F)(F)F)n[nH]3)c2C2CCOC2)cc1. The molecule has 0 amide bonds. The van der Waals surface area contributed by atoms with Crippen molar-refractivity contribution in [1.82, 2.24) is 24.7 Å². The van der Waals surface area contributed by atoms with Crippen LogP contribution in [0.3, 0.4) is 0 Å². The minimum absolute atomic E-state index is 0.0394. The summed E-state index contributed by atoms with van der Waals surface area (Å²) in [4.78, 5) is 7.93. The van der Waals surface area contributed by atoms with Crippen LogP contribution >= 0.6 is 0 Å². The van der Waals surface area contributed by atoms with Gasteiger partial charge in [0.15, 0.2) is 0 Å². The van der Waals surface area contributed by atoms with Crippen LogP contribution in [0.2, 0.25) is 0 Å².